The number of pyridine rings is 1. The van der Waals surface area contributed by atoms with Gasteiger partial charge in [-0.1, -0.05) is 49.6 Å². The Morgan fingerprint density at radius 2 is 1.88 bits per heavy atom. The number of aromatic nitrogens is 3. The summed E-state index contributed by atoms with van der Waals surface area (Å²) in [7, 11) is 0. The van der Waals surface area contributed by atoms with Crippen LogP contribution in [-0.2, 0) is 0 Å². The standard InChI is InChI=1S/C19H19N4O2/c24-19(25)23(14-9-5-2-6-10-14)15-11-16-18(20-12-15)22-17(21-16)13-7-3-1-4-8-13/h1,3-4,7-8,11-12H,2,5-6,9-10H2,(H,24,25)(H,20,21,22). The first-order chi connectivity index (χ1) is 12.2. The van der Waals surface area contributed by atoms with Crippen LogP contribution in [0.2, 0.25) is 0 Å². The molecule has 127 valence electrons. The predicted octanol–water partition coefficient (Wildman–Crippen LogP) is 4.61. The summed E-state index contributed by atoms with van der Waals surface area (Å²) in [5.74, 6) is 0.729. The summed E-state index contributed by atoms with van der Waals surface area (Å²) in [6.07, 6.45) is 5.52. The number of hydrogen-bond acceptors (Lipinski definition) is 3. The maximum absolute atomic E-state index is 11.8. The van der Waals surface area contributed by atoms with Crippen molar-refractivity contribution in [1.82, 2.24) is 15.0 Å². The molecule has 0 unspecified atom stereocenters. The first-order valence-electron chi connectivity index (χ1n) is 8.51. The number of nitrogens with one attached hydrogen (secondary N) is 1. The van der Waals surface area contributed by atoms with Gasteiger partial charge in [-0.2, -0.15) is 0 Å². The molecule has 3 aromatic rings. The van der Waals surface area contributed by atoms with Gasteiger partial charge < -0.3 is 10.1 Å². The van der Waals surface area contributed by atoms with Gasteiger partial charge >= 0.3 is 6.09 Å². The maximum Gasteiger partial charge on any atom is 0.412 e. The lowest BCUT2D eigenvalue weighted by atomic mass is 9.94. The van der Waals surface area contributed by atoms with Gasteiger partial charge in [0.15, 0.2) is 5.65 Å². The minimum absolute atomic E-state index is 0.558. The van der Waals surface area contributed by atoms with E-state index in [2.05, 4.69) is 15.0 Å². The number of H-pyrrole nitrogens is 1. The molecule has 0 atom stereocenters. The number of amides is 1. The molecule has 1 aliphatic carbocycles. The lowest BCUT2D eigenvalue weighted by molar-refractivity contribution is 0.201. The van der Waals surface area contributed by atoms with Crippen LogP contribution in [0.5, 0.6) is 0 Å². The minimum atomic E-state index is -0.961. The second-order valence-electron chi connectivity index (χ2n) is 6.26. The average molecular weight is 335 g/mol. The molecule has 4 rings (SSSR count). The van der Waals surface area contributed by atoms with Gasteiger partial charge in [-0.05, 0) is 18.9 Å². The normalized spacial score (nSPS) is 15.4. The van der Waals surface area contributed by atoms with Crippen LogP contribution >= 0.6 is 0 Å². The van der Waals surface area contributed by atoms with Crippen LogP contribution in [0.4, 0.5) is 10.5 Å². The molecule has 2 aromatic heterocycles. The molecule has 6 heteroatoms. The van der Waals surface area contributed by atoms with E-state index in [1.165, 1.54) is 4.90 Å². The highest BCUT2D eigenvalue weighted by Crippen LogP contribution is 2.33. The lowest BCUT2D eigenvalue weighted by Gasteiger charge is -2.30. The van der Waals surface area contributed by atoms with Crippen LogP contribution in [0.25, 0.3) is 22.6 Å². The van der Waals surface area contributed by atoms with Crippen molar-refractivity contribution in [1.29, 1.82) is 0 Å². The van der Waals surface area contributed by atoms with Crippen LogP contribution in [0.1, 0.15) is 32.1 Å². The van der Waals surface area contributed by atoms with Crippen LogP contribution in [0.3, 0.4) is 0 Å². The number of fused-ring (bicyclic) bond motifs is 1. The van der Waals surface area contributed by atoms with Crippen LogP contribution in [0.15, 0.2) is 42.6 Å². The largest absolute Gasteiger partial charge is 0.465 e. The Kier molecular flexibility index (Phi) is 4.09. The summed E-state index contributed by atoms with van der Waals surface area (Å²) in [4.78, 5) is 25.4. The number of carboxylic acid groups (broad SMARTS) is 1. The number of carbonyl (C=O) groups is 1. The van der Waals surface area contributed by atoms with E-state index in [1.807, 2.05) is 30.3 Å². The zero-order valence-corrected chi connectivity index (χ0v) is 13.8. The van der Waals surface area contributed by atoms with Gasteiger partial charge in [0.1, 0.15) is 11.3 Å². The number of anilines is 1. The fraction of sp³-hybridized carbons (Fsp3) is 0.263. The average Bonchev–Trinajstić information content (AvgIpc) is 3.07. The molecule has 1 saturated carbocycles. The maximum atomic E-state index is 11.8. The topological polar surface area (TPSA) is 82.1 Å². The molecule has 25 heavy (non-hydrogen) atoms. The molecule has 1 amide bonds. The predicted molar refractivity (Wildman–Crippen MR) is 96.2 cm³/mol. The van der Waals surface area contributed by atoms with E-state index in [9.17, 15) is 9.90 Å². The summed E-state index contributed by atoms with van der Waals surface area (Å²) in [5.41, 5.74) is 2.85. The number of hydrogen-bond donors (Lipinski definition) is 2. The van der Waals surface area contributed by atoms with Gasteiger partial charge in [0.25, 0.3) is 0 Å². The zero-order valence-electron chi connectivity index (χ0n) is 13.8. The molecule has 0 spiro atoms. The summed E-state index contributed by atoms with van der Waals surface area (Å²) < 4.78 is 0. The highest BCUT2D eigenvalue weighted by Gasteiger charge is 2.28. The molecule has 1 aliphatic rings. The van der Waals surface area contributed by atoms with Gasteiger partial charge in [-0.25, -0.2) is 14.8 Å². The third-order valence-electron chi connectivity index (χ3n) is 4.57. The molecule has 6 nitrogen and oxygen atoms in total. The van der Waals surface area contributed by atoms with Crippen molar-refractivity contribution in [3.63, 3.8) is 0 Å². The lowest BCUT2D eigenvalue weighted by Crippen LogP contribution is -2.35. The highest BCUT2D eigenvalue weighted by atomic mass is 16.4. The SMILES string of the molecule is O=C(O)N([C]1CCCCC1)c1cnc2[nH]c(-c3ccccc3)nc2c1. The van der Waals surface area contributed by atoms with Crippen molar-refractivity contribution in [3.05, 3.63) is 48.6 Å². The number of nitrogens with zero attached hydrogens (tertiary/aromatic N) is 3. The molecule has 2 heterocycles. The third-order valence-corrected chi connectivity index (χ3v) is 4.57. The molecule has 0 saturated heterocycles. The number of aromatic amines is 1. The molecule has 1 radical (unpaired) electrons. The van der Waals surface area contributed by atoms with Crippen molar-refractivity contribution in [2.45, 2.75) is 32.1 Å². The summed E-state index contributed by atoms with van der Waals surface area (Å²) in [6, 6.07) is 12.5. The van der Waals surface area contributed by atoms with Gasteiger partial charge in [-0.15, -0.1) is 0 Å². The first-order valence-corrected chi connectivity index (χ1v) is 8.51. The second kappa shape index (κ2) is 6.55. The Morgan fingerprint density at radius 3 is 2.60 bits per heavy atom. The molecule has 1 fully saturated rings. The Labute approximate surface area is 145 Å². The van der Waals surface area contributed by atoms with Crippen molar-refractivity contribution in [2.24, 2.45) is 0 Å². The van der Waals surface area contributed by atoms with Gasteiger partial charge in [0.05, 0.1) is 17.9 Å². The van der Waals surface area contributed by atoms with E-state index in [0.717, 1.165) is 49.5 Å². The van der Waals surface area contributed by atoms with Crippen molar-refractivity contribution >= 4 is 22.9 Å². The monoisotopic (exact) mass is 335 g/mol. The third kappa shape index (κ3) is 3.07. The number of rotatable bonds is 3. The smallest absolute Gasteiger partial charge is 0.412 e. The highest BCUT2D eigenvalue weighted by molar-refractivity contribution is 5.91. The quantitative estimate of drug-likeness (QED) is 0.732. The Balaban J connectivity index is 1.71. The van der Waals surface area contributed by atoms with Crippen molar-refractivity contribution in [3.8, 4) is 11.4 Å². The van der Waals surface area contributed by atoms with E-state index in [1.54, 1.807) is 12.3 Å². The Bertz CT molecular complexity index is 885. The van der Waals surface area contributed by atoms with Crippen molar-refractivity contribution in [2.75, 3.05) is 4.90 Å². The van der Waals surface area contributed by atoms with Crippen LogP contribution in [-0.4, -0.2) is 26.2 Å². The van der Waals surface area contributed by atoms with E-state index in [0.29, 0.717) is 16.9 Å². The van der Waals surface area contributed by atoms with Gasteiger partial charge in [0, 0.05) is 5.56 Å². The number of imidazole rings is 1. The van der Waals surface area contributed by atoms with Gasteiger partial charge in [-0.3, -0.25) is 4.90 Å². The van der Waals surface area contributed by atoms with Gasteiger partial charge in [0.2, 0.25) is 0 Å². The molecular weight excluding hydrogens is 316 g/mol. The molecule has 0 aliphatic heterocycles. The van der Waals surface area contributed by atoms with Crippen LogP contribution < -0.4 is 4.90 Å². The summed E-state index contributed by atoms with van der Waals surface area (Å²) in [6.45, 7) is 0. The molecule has 2 N–H and O–H groups in total. The molecule has 0 bridgehead atoms. The summed E-state index contributed by atoms with van der Waals surface area (Å²) in [5, 5.41) is 9.68. The fourth-order valence-corrected chi connectivity index (χ4v) is 3.35. The molecular formula is C19H19N4O2. The Morgan fingerprint density at radius 1 is 1.12 bits per heavy atom. The minimum Gasteiger partial charge on any atom is -0.465 e. The van der Waals surface area contributed by atoms with Crippen molar-refractivity contribution < 1.29 is 9.90 Å². The van der Waals surface area contributed by atoms with E-state index >= 15 is 0 Å². The van der Waals surface area contributed by atoms with E-state index in [-0.39, 0.29) is 0 Å². The fourth-order valence-electron chi connectivity index (χ4n) is 3.35. The summed E-state index contributed by atoms with van der Waals surface area (Å²) >= 11 is 0. The second-order valence-corrected chi connectivity index (χ2v) is 6.26. The molecule has 1 aromatic carbocycles. The Hall–Kier alpha value is -2.89. The van der Waals surface area contributed by atoms with E-state index in [4.69, 9.17) is 0 Å². The van der Waals surface area contributed by atoms with E-state index < -0.39 is 6.09 Å². The van der Waals surface area contributed by atoms with Crippen LogP contribution in [0, 0.1) is 6.04 Å². The number of benzene rings is 1. The zero-order chi connectivity index (χ0) is 17.2. The first kappa shape index (κ1) is 15.6.